The lowest BCUT2D eigenvalue weighted by atomic mass is 10.1. The number of hydrogen-bond acceptors (Lipinski definition) is 5. The van der Waals surface area contributed by atoms with E-state index in [1.165, 1.54) is 32.1 Å². The third kappa shape index (κ3) is 6.06. The summed E-state index contributed by atoms with van der Waals surface area (Å²) < 4.78 is 10.8. The number of ether oxygens (including phenoxy) is 2. The molecule has 0 aromatic rings. The Kier molecular flexibility index (Phi) is 9.39. The van der Waals surface area contributed by atoms with E-state index in [9.17, 15) is 15.3 Å². The molecule has 0 aromatic heterocycles. The highest BCUT2D eigenvalue weighted by molar-refractivity contribution is 4.88. The second-order valence-corrected chi connectivity index (χ2v) is 5.57. The van der Waals surface area contributed by atoms with E-state index in [0.29, 0.717) is 6.61 Å². The van der Waals surface area contributed by atoms with Crippen LogP contribution in [0.2, 0.25) is 0 Å². The van der Waals surface area contributed by atoms with Gasteiger partial charge in [0, 0.05) is 6.61 Å². The highest BCUT2D eigenvalue weighted by atomic mass is 16.6. The molecule has 120 valence electrons. The molecule has 1 fully saturated rings. The van der Waals surface area contributed by atoms with Crippen LogP contribution in [-0.4, -0.2) is 59.6 Å². The first-order valence-corrected chi connectivity index (χ1v) is 7.90. The molecule has 0 bridgehead atoms. The summed E-state index contributed by atoms with van der Waals surface area (Å²) in [6.07, 6.45) is 5.41. The standard InChI is InChI=1S/C15H30O5/c1-2-3-4-5-6-7-8-9-19-13(10-16)15-14(18)12(17)11-20-15/h12-18H,2-11H2,1H3/t12-,13+,14+,15+/m0/s1. The van der Waals surface area contributed by atoms with Crippen LogP contribution in [0.3, 0.4) is 0 Å². The van der Waals surface area contributed by atoms with Gasteiger partial charge in [0.1, 0.15) is 24.4 Å². The molecule has 1 aliphatic rings. The Hall–Kier alpha value is -0.200. The van der Waals surface area contributed by atoms with Crippen LogP contribution >= 0.6 is 0 Å². The minimum Gasteiger partial charge on any atom is -0.394 e. The number of rotatable bonds is 11. The largest absolute Gasteiger partial charge is 0.394 e. The van der Waals surface area contributed by atoms with Gasteiger partial charge < -0.3 is 24.8 Å². The Morgan fingerprint density at radius 2 is 1.75 bits per heavy atom. The molecule has 1 heterocycles. The molecule has 0 radical (unpaired) electrons. The SMILES string of the molecule is CCCCCCCCCO[C@H](CO)[C@H]1OC[C@H](O)[C@H]1O. The minimum absolute atomic E-state index is 0.100. The third-order valence-corrected chi connectivity index (χ3v) is 3.82. The van der Waals surface area contributed by atoms with Crippen molar-refractivity contribution >= 4 is 0 Å². The molecule has 0 aromatic carbocycles. The minimum atomic E-state index is -0.971. The normalized spacial score (nSPS) is 27.9. The zero-order valence-electron chi connectivity index (χ0n) is 12.5. The summed E-state index contributed by atoms with van der Waals surface area (Å²) in [6, 6.07) is 0. The maximum Gasteiger partial charge on any atom is 0.114 e. The van der Waals surface area contributed by atoms with E-state index in [1.54, 1.807) is 0 Å². The molecule has 3 N–H and O–H groups in total. The smallest absolute Gasteiger partial charge is 0.114 e. The van der Waals surface area contributed by atoms with Crippen molar-refractivity contribution in [1.29, 1.82) is 0 Å². The number of hydrogen-bond donors (Lipinski definition) is 3. The lowest BCUT2D eigenvalue weighted by Crippen LogP contribution is -2.42. The van der Waals surface area contributed by atoms with E-state index in [1.807, 2.05) is 0 Å². The Balaban J connectivity index is 2.07. The van der Waals surface area contributed by atoms with Crippen molar-refractivity contribution in [1.82, 2.24) is 0 Å². The van der Waals surface area contributed by atoms with Gasteiger partial charge in [0.15, 0.2) is 0 Å². The monoisotopic (exact) mass is 290 g/mol. The molecule has 1 saturated heterocycles. The molecular weight excluding hydrogens is 260 g/mol. The average Bonchev–Trinajstić information content (AvgIpc) is 2.78. The van der Waals surface area contributed by atoms with Crippen molar-refractivity contribution in [2.75, 3.05) is 19.8 Å². The van der Waals surface area contributed by atoms with Crippen LogP contribution in [0.25, 0.3) is 0 Å². The van der Waals surface area contributed by atoms with Crippen LogP contribution in [0.4, 0.5) is 0 Å². The summed E-state index contributed by atoms with van der Waals surface area (Å²) in [4.78, 5) is 0. The van der Waals surface area contributed by atoms with E-state index >= 15 is 0 Å². The topological polar surface area (TPSA) is 79.2 Å². The number of unbranched alkanes of at least 4 members (excludes halogenated alkanes) is 6. The second-order valence-electron chi connectivity index (χ2n) is 5.57. The highest BCUT2D eigenvalue weighted by Gasteiger charge is 2.40. The summed E-state index contributed by atoms with van der Waals surface area (Å²) in [5, 5.41) is 28.4. The lowest BCUT2D eigenvalue weighted by Gasteiger charge is -2.24. The van der Waals surface area contributed by atoms with Crippen molar-refractivity contribution in [2.45, 2.75) is 76.3 Å². The summed E-state index contributed by atoms with van der Waals surface area (Å²) >= 11 is 0. The molecule has 0 aliphatic carbocycles. The molecular formula is C15H30O5. The van der Waals surface area contributed by atoms with Gasteiger partial charge in [0.05, 0.1) is 13.2 Å². The second kappa shape index (κ2) is 10.5. The Bertz CT molecular complexity index is 236. The third-order valence-electron chi connectivity index (χ3n) is 3.82. The van der Waals surface area contributed by atoms with Gasteiger partial charge in [-0.1, -0.05) is 45.4 Å². The molecule has 1 rings (SSSR count). The van der Waals surface area contributed by atoms with E-state index in [0.717, 1.165) is 12.8 Å². The number of aliphatic hydroxyl groups is 3. The maximum atomic E-state index is 9.72. The lowest BCUT2D eigenvalue weighted by molar-refractivity contribution is -0.101. The van der Waals surface area contributed by atoms with E-state index in [-0.39, 0.29) is 13.2 Å². The van der Waals surface area contributed by atoms with Gasteiger partial charge in [-0.05, 0) is 6.42 Å². The first-order valence-electron chi connectivity index (χ1n) is 7.90. The van der Waals surface area contributed by atoms with Crippen LogP contribution < -0.4 is 0 Å². The fourth-order valence-electron chi connectivity index (χ4n) is 2.50. The van der Waals surface area contributed by atoms with Crippen molar-refractivity contribution in [3.8, 4) is 0 Å². The molecule has 5 nitrogen and oxygen atoms in total. The Morgan fingerprint density at radius 3 is 2.30 bits per heavy atom. The van der Waals surface area contributed by atoms with E-state index in [4.69, 9.17) is 9.47 Å². The fourth-order valence-corrected chi connectivity index (χ4v) is 2.50. The molecule has 5 heteroatoms. The predicted molar refractivity (Wildman–Crippen MR) is 76.6 cm³/mol. The average molecular weight is 290 g/mol. The van der Waals surface area contributed by atoms with Crippen molar-refractivity contribution < 1.29 is 24.8 Å². The zero-order chi connectivity index (χ0) is 14.8. The van der Waals surface area contributed by atoms with Crippen LogP contribution in [0.5, 0.6) is 0 Å². The van der Waals surface area contributed by atoms with Gasteiger partial charge in [0.25, 0.3) is 0 Å². The van der Waals surface area contributed by atoms with Crippen LogP contribution in [0.1, 0.15) is 51.9 Å². The fraction of sp³-hybridized carbons (Fsp3) is 1.00. The highest BCUT2D eigenvalue weighted by Crippen LogP contribution is 2.19. The van der Waals surface area contributed by atoms with Crippen molar-refractivity contribution in [2.24, 2.45) is 0 Å². The van der Waals surface area contributed by atoms with E-state index < -0.39 is 24.4 Å². The molecule has 0 amide bonds. The molecule has 20 heavy (non-hydrogen) atoms. The van der Waals surface area contributed by atoms with Crippen molar-refractivity contribution in [3.05, 3.63) is 0 Å². The summed E-state index contributed by atoms with van der Waals surface area (Å²) in [6.45, 7) is 2.66. The predicted octanol–water partition coefficient (Wildman–Crippen LogP) is 1.24. The quantitative estimate of drug-likeness (QED) is 0.499. The summed E-state index contributed by atoms with van der Waals surface area (Å²) in [5.41, 5.74) is 0. The van der Waals surface area contributed by atoms with Gasteiger partial charge >= 0.3 is 0 Å². The van der Waals surface area contributed by atoms with Crippen LogP contribution in [0, 0.1) is 0 Å². The molecule has 0 saturated carbocycles. The van der Waals surface area contributed by atoms with E-state index in [2.05, 4.69) is 6.92 Å². The first-order chi connectivity index (χ1) is 9.70. The summed E-state index contributed by atoms with van der Waals surface area (Å²) in [5.74, 6) is 0. The molecule has 4 atom stereocenters. The molecule has 0 spiro atoms. The van der Waals surface area contributed by atoms with Gasteiger partial charge in [-0.3, -0.25) is 0 Å². The Morgan fingerprint density at radius 1 is 1.10 bits per heavy atom. The van der Waals surface area contributed by atoms with Gasteiger partial charge in [-0.15, -0.1) is 0 Å². The maximum absolute atomic E-state index is 9.72. The summed E-state index contributed by atoms with van der Waals surface area (Å²) in [7, 11) is 0. The van der Waals surface area contributed by atoms with Gasteiger partial charge in [-0.25, -0.2) is 0 Å². The molecule has 0 unspecified atom stereocenters. The van der Waals surface area contributed by atoms with Crippen molar-refractivity contribution in [3.63, 3.8) is 0 Å². The first kappa shape index (κ1) is 17.9. The van der Waals surface area contributed by atoms with Gasteiger partial charge in [0.2, 0.25) is 0 Å². The van der Waals surface area contributed by atoms with Crippen LogP contribution in [-0.2, 0) is 9.47 Å². The Labute approximate surface area is 121 Å². The molecule has 1 aliphatic heterocycles. The van der Waals surface area contributed by atoms with Crippen LogP contribution in [0.15, 0.2) is 0 Å². The van der Waals surface area contributed by atoms with Gasteiger partial charge in [-0.2, -0.15) is 0 Å². The number of aliphatic hydroxyl groups excluding tert-OH is 3. The zero-order valence-corrected chi connectivity index (χ0v) is 12.5.